The van der Waals surface area contributed by atoms with Crippen molar-refractivity contribution in [3.05, 3.63) is 206 Å². The summed E-state index contributed by atoms with van der Waals surface area (Å²) in [6.45, 7) is 2.15. The summed E-state index contributed by atoms with van der Waals surface area (Å²) in [5.41, 5.74) is 12.7. The predicted molar refractivity (Wildman–Crippen MR) is 222 cm³/mol. The molecule has 3 heterocycles. The Hall–Kier alpha value is -6.55. The van der Waals surface area contributed by atoms with Gasteiger partial charge in [0.2, 0.25) is 0 Å². The molecule has 0 fully saturated rings. The zero-order chi connectivity index (χ0) is 36.0. The molecule has 55 heavy (non-hydrogen) atoms. The van der Waals surface area contributed by atoms with Crippen molar-refractivity contribution in [2.45, 2.75) is 6.92 Å². The van der Waals surface area contributed by atoms with Gasteiger partial charge in [-0.2, -0.15) is 16.7 Å². The van der Waals surface area contributed by atoms with E-state index in [0.29, 0.717) is 0 Å². The number of imidazole rings is 1. The van der Waals surface area contributed by atoms with Crippen LogP contribution in [0.2, 0.25) is 0 Å². The summed E-state index contributed by atoms with van der Waals surface area (Å²) < 4.78 is 6.69. The maximum atomic E-state index is 4.94. The van der Waals surface area contributed by atoms with Crippen molar-refractivity contribution >= 4 is 49.9 Å². The van der Waals surface area contributed by atoms with Crippen LogP contribution in [0.25, 0.3) is 61.2 Å². The maximum Gasteiger partial charge on any atom is 0.168 e. The fourth-order valence-corrected chi connectivity index (χ4v) is 7.65. The fraction of sp³-hybridized carbons (Fsp3) is 0.0204. The van der Waals surface area contributed by atoms with Crippen LogP contribution in [0.15, 0.2) is 188 Å². The van der Waals surface area contributed by atoms with Crippen LogP contribution in [0.3, 0.4) is 0 Å². The molecule has 0 aliphatic heterocycles. The van der Waals surface area contributed by atoms with Gasteiger partial charge in [-0.3, -0.25) is 0 Å². The van der Waals surface area contributed by atoms with E-state index < -0.39 is 0 Å². The van der Waals surface area contributed by atoms with Gasteiger partial charge in [-0.05, 0) is 71.5 Å². The van der Waals surface area contributed by atoms with Crippen molar-refractivity contribution < 1.29 is 21.1 Å². The van der Waals surface area contributed by atoms with Gasteiger partial charge < -0.3 is 9.47 Å². The number of benzene rings is 7. The van der Waals surface area contributed by atoms with Crippen molar-refractivity contribution in [2.75, 3.05) is 4.90 Å². The molecule has 10 aromatic rings. The van der Waals surface area contributed by atoms with Crippen molar-refractivity contribution in [3.63, 3.8) is 0 Å². The van der Waals surface area contributed by atoms with Crippen LogP contribution in [0.1, 0.15) is 5.56 Å². The van der Waals surface area contributed by atoms with Crippen LogP contribution in [-0.4, -0.2) is 18.7 Å². The molecule has 0 N–H and O–H groups in total. The zero-order valence-electron chi connectivity index (χ0n) is 30.0. The summed E-state index contributed by atoms with van der Waals surface area (Å²) in [4.78, 5) is 7.18. The topological polar surface area (TPSA) is 30.9 Å². The second-order valence-corrected chi connectivity index (χ2v) is 13.4. The average Bonchev–Trinajstić information content (AvgIpc) is 3.78. The van der Waals surface area contributed by atoms with Crippen molar-refractivity contribution in [3.8, 4) is 28.3 Å². The molecular weight excluding hydrogens is 854 g/mol. The van der Waals surface area contributed by atoms with Gasteiger partial charge in [-0.1, -0.05) is 114 Å². The first-order valence-electron chi connectivity index (χ1n) is 18.1. The molecular formula is C49H34N5Pt-. The quantitative estimate of drug-likeness (QED) is 0.149. The Bertz CT molecular complexity index is 2970. The Morgan fingerprint density at radius 2 is 1.24 bits per heavy atom. The van der Waals surface area contributed by atoms with Gasteiger partial charge >= 0.3 is 0 Å². The minimum Gasteiger partial charge on any atom is -0.358 e. The summed E-state index contributed by atoms with van der Waals surface area (Å²) in [6, 6.07) is 69.1. The van der Waals surface area contributed by atoms with Gasteiger partial charge in [0, 0.05) is 56.3 Å². The largest absolute Gasteiger partial charge is 0.358 e. The number of hydrogen-bond acceptors (Lipinski definition) is 2. The van der Waals surface area contributed by atoms with Gasteiger partial charge in [-0.15, -0.1) is 29.7 Å². The number of aryl methyl sites for hydroxylation is 1. The molecule has 0 saturated heterocycles. The van der Waals surface area contributed by atoms with Crippen LogP contribution in [-0.2, 0) is 21.1 Å². The van der Waals surface area contributed by atoms with Crippen molar-refractivity contribution in [1.82, 2.24) is 18.7 Å². The molecule has 3 aromatic heterocycles. The normalized spacial score (nSPS) is 11.2. The van der Waals surface area contributed by atoms with Gasteiger partial charge in [0.25, 0.3) is 0 Å². The summed E-state index contributed by atoms with van der Waals surface area (Å²) in [6.07, 6.45) is 4.06. The Labute approximate surface area is 334 Å². The van der Waals surface area contributed by atoms with E-state index in [9.17, 15) is 0 Å². The van der Waals surface area contributed by atoms with Crippen LogP contribution in [0, 0.1) is 19.1 Å². The number of anilines is 3. The first-order chi connectivity index (χ1) is 26.7. The Balaban J connectivity index is 0.00000397. The Kier molecular flexibility index (Phi) is 8.93. The minimum atomic E-state index is 0. The van der Waals surface area contributed by atoms with Gasteiger partial charge in [0.05, 0.1) is 0 Å². The molecule has 0 atom stereocenters. The first kappa shape index (κ1) is 34.2. The van der Waals surface area contributed by atoms with E-state index in [0.717, 1.165) is 72.7 Å². The van der Waals surface area contributed by atoms with E-state index in [4.69, 9.17) is 4.98 Å². The second-order valence-electron chi connectivity index (χ2n) is 13.4. The Morgan fingerprint density at radius 1 is 0.564 bits per heavy atom. The number of nitrogens with zero attached hydrogens (tertiary/aromatic N) is 5. The molecule has 0 bridgehead atoms. The number of rotatable bonds is 7. The molecule has 5 nitrogen and oxygen atoms in total. The molecule has 7 aromatic carbocycles. The van der Waals surface area contributed by atoms with E-state index in [-0.39, 0.29) is 21.1 Å². The van der Waals surface area contributed by atoms with E-state index in [1.165, 1.54) is 11.1 Å². The molecule has 0 saturated carbocycles. The summed E-state index contributed by atoms with van der Waals surface area (Å²) in [7, 11) is 0. The smallest absolute Gasteiger partial charge is 0.168 e. The van der Waals surface area contributed by atoms with Crippen molar-refractivity contribution in [2.24, 2.45) is 0 Å². The molecule has 0 aliphatic carbocycles. The zero-order valence-corrected chi connectivity index (χ0v) is 32.2. The van der Waals surface area contributed by atoms with E-state index in [1.54, 1.807) is 0 Å². The third-order valence-electron chi connectivity index (χ3n) is 10.2. The van der Waals surface area contributed by atoms with Gasteiger partial charge in [0.1, 0.15) is 11.5 Å². The molecule has 6 heteroatoms. The molecule has 0 unspecified atom stereocenters. The molecule has 0 amide bonds. The van der Waals surface area contributed by atoms with Crippen LogP contribution in [0.4, 0.5) is 17.1 Å². The van der Waals surface area contributed by atoms with E-state index in [2.05, 4.69) is 208 Å². The molecule has 266 valence electrons. The molecule has 0 aliphatic rings. The van der Waals surface area contributed by atoms with E-state index in [1.807, 2.05) is 18.3 Å². The molecule has 10 rings (SSSR count). The summed E-state index contributed by atoms with van der Waals surface area (Å²) in [5, 5.41) is 2.27. The van der Waals surface area contributed by atoms with Gasteiger partial charge in [0.15, 0.2) is 17.4 Å². The molecule has 0 radical (unpaired) electrons. The number of para-hydroxylation sites is 5. The average molecular weight is 888 g/mol. The second kappa shape index (κ2) is 14.4. The SMILES string of the molecule is Cc1ccccc1-c1ccnc(-n2c3[c-]c(N(c4[c-]c(-n5[cH+]n(-c6ccccc6)c6ccccc65)ccc4)c4ccccc4)ccc3c3ccccc32)c1.[Pt]. The van der Waals surface area contributed by atoms with E-state index >= 15 is 0 Å². The van der Waals surface area contributed by atoms with Crippen LogP contribution >= 0.6 is 0 Å². The monoisotopic (exact) mass is 887 g/mol. The number of fused-ring (bicyclic) bond motifs is 4. The summed E-state index contributed by atoms with van der Waals surface area (Å²) >= 11 is 0. The fourth-order valence-electron chi connectivity index (χ4n) is 7.65. The Morgan fingerprint density at radius 3 is 2.04 bits per heavy atom. The van der Waals surface area contributed by atoms with Crippen LogP contribution in [0.5, 0.6) is 0 Å². The third kappa shape index (κ3) is 6.03. The maximum absolute atomic E-state index is 4.94. The standard InChI is InChI=1S/C49H34N5.Pt/c1-35-15-8-9-22-42(35)36-29-30-50-49(31-36)54-45-24-11-10-23-43(45)44-28-27-41(33-48(44)54)53(38-18-6-3-7-19-38)40-21-14-20-39(32-40)52-34-51(37-16-4-2-5-17-37)46-25-12-13-26-47(46)52;/h2-31,34H,1H3;/q-1;. The summed E-state index contributed by atoms with van der Waals surface area (Å²) in [5.74, 6) is 0.849. The number of hydrogen-bond donors (Lipinski definition) is 0. The number of pyridine rings is 1. The minimum absolute atomic E-state index is 0. The van der Waals surface area contributed by atoms with Crippen molar-refractivity contribution in [1.29, 1.82) is 0 Å². The van der Waals surface area contributed by atoms with Gasteiger partial charge in [-0.25, -0.2) is 9.55 Å². The third-order valence-corrected chi connectivity index (χ3v) is 10.2. The number of aromatic nitrogens is 4. The molecule has 0 spiro atoms. The first-order valence-corrected chi connectivity index (χ1v) is 18.1. The van der Waals surface area contributed by atoms with Crippen LogP contribution < -0.4 is 4.90 Å². The predicted octanol–water partition coefficient (Wildman–Crippen LogP) is 12.2.